The van der Waals surface area contributed by atoms with Crippen molar-refractivity contribution in [1.29, 1.82) is 0 Å². The average molecular weight is 327 g/mol. The molecule has 0 saturated carbocycles. The predicted octanol–water partition coefficient (Wildman–Crippen LogP) is 3.37. The summed E-state index contributed by atoms with van der Waals surface area (Å²) in [5, 5.41) is 10.9. The van der Waals surface area contributed by atoms with Gasteiger partial charge >= 0.3 is 0 Å². The molecule has 0 spiro atoms. The number of fused-ring (bicyclic) bond motifs is 1. The number of amides is 1. The second-order valence-corrected chi connectivity index (χ2v) is 6.56. The molecular weight excluding hydrogens is 306 g/mol. The zero-order chi connectivity index (χ0) is 17.3. The lowest BCUT2D eigenvalue weighted by molar-refractivity contribution is -0.384. The Balaban J connectivity index is 1.98. The Morgan fingerprint density at radius 1 is 1.25 bits per heavy atom. The molecule has 0 unspecified atom stereocenters. The highest BCUT2D eigenvalue weighted by atomic mass is 16.6. The maximum Gasteiger partial charge on any atom is 0.269 e. The van der Waals surface area contributed by atoms with E-state index in [1.165, 1.54) is 12.1 Å². The zero-order valence-corrected chi connectivity index (χ0v) is 13.9. The number of carbonyl (C=O) groups is 1. The number of carbonyl (C=O) groups excluding carboxylic acids is 1. The van der Waals surface area contributed by atoms with Crippen LogP contribution in [0.25, 0.3) is 0 Å². The van der Waals surface area contributed by atoms with Gasteiger partial charge in [0.1, 0.15) is 0 Å². The number of hydrogen-bond acceptors (Lipinski definition) is 3. The summed E-state index contributed by atoms with van der Waals surface area (Å²) in [5.74, 6) is 0.421. The summed E-state index contributed by atoms with van der Waals surface area (Å²) in [5.41, 5.74) is 2.01. The fourth-order valence-corrected chi connectivity index (χ4v) is 3.25. The van der Waals surface area contributed by atoms with E-state index in [9.17, 15) is 14.9 Å². The number of nitro benzene ring substituents is 1. The fourth-order valence-electron chi connectivity index (χ4n) is 3.25. The average Bonchev–Trinajstić information content (AvgIpc) is 3.01. The first-order valence-electron chi connectivity index (χ1n) is 8.16. The first kappa shape index (κ1) is 16.2. The van der Waals surface area contributed by atoms with E-state index in [1.807, 2.05) is 37.1 Å². The molecule has 1 aliphatic rings. The van der Waals surface area contributed by atoms with Crippen LogP contribution in [0.2, 0.25) is 0 Å². The Bertz CT molecular complexity index is 749. The van der Waals surface area contributed by atoms with Gasteiger partial charge in [-0.25, -0.2) is 0 Å². The minimum atomic E-state index is -0.408. The Labute approximate surface area is 140 Å². The van der Waals surface area contributed by atoms with Crippen LogP contribution in [-0.4, -0.2) is 26.8 Å². The second kappa shape index (κ2) is 6.47. The highest BCUT2D eigenvalue weighted by Crippen LogP contribution is 2.34. The number of nitrogens with zero attached hydrogens (tertiary/aromatic N) is 3. The largest absolute Gasteiger partial charge is 0.348 e. The van der Waals surface area contributed by atoms with Crippen LogP contribution < -0.4 is 0 Å². The van der Waals surface area contributed by atoms with E-state index < -0.39 is 4.92 Å². The Kier molecular flexibility index (Phi) is 4.38. The third-order valence-corrected chi connectivity index (χ3v) is 4.36. The van der Waals surface area contributed by atoms with E-state index in [0.29, 0.717) is 18.9 Å². The van der Waals surface area contributed by atoms with Crippen molar-refractivity contribution in [2.45, 2.75) is 32.9 Å². The van der Waals surface area contributed by atoms with E-state index in [1.54, 1.807) is 12.1 Å². The van der Waals surface area contributed by atoms with Crippen molar-refractivity contribution in [2.75, 3.05) is 6.54 Å². The van der Waals surface area contributed by atoms with Gasteiger partial charge < -0.3 is 9.47 Å². The molecule has 6 heteroatoms. The van der Waals surface area contributed by atoms with Crippen molar-refractivity contribution in [3.8, 4) is 0 Å². The van der Waals surface area contributed by atoms with E-state index in [4.69, 9.17) is 0 Å². The van der Waals surface area contributed by atoms with Crippen LogP contribution in [0.5, 0.6) is 0 Å². The molecule has 1 aromatic heterocycles. The van der Waals surface area contributed by atoms with E-state index in [0.717, 1.165) is 17.8 Å². The maximum absolute atomic E-state index is 12.7. The molecule has 0 aliphatic carbocycles. The quantitative estimate of drug-likeness (QED) is 0.638. The number of nitro groups is 1. The number of non-ortho nitro benzene ring substituents is 1. The van der Waals surface area contributed by atoms with E-state index >= 15 is 0 Å². The van der Waals surface area contributed by atoms with Gasteiger partial charge in [0, 0.05) is 43.5 Å². The predicted molar refractivity (Wildman–Crippen MR) is 90.5 cm³/mol. The van der Waals surface area contributed by atoms with Crippen molar-refractivity contribution >= 4 is 11.6 Å². The van der Waals surface area contributed by atoms with Gasteiger partial charge in [0.25, 0.3) is 5.69 Å². The molecule has 1 atom stereocenters. The lowest BCUT2D eigenvalue weighted by Crippen LogP contribution is -2.42. The first-order chi connectivity index (χ1) is 11.5. The Hall–Kier alpha value is -2.63. The number of benzene rings is 1. The van der Waals surface area contributed by atoms with Crippen molar-refractivity contribution in [2.24, 2.45) is 5.92 Å². The Morgan fingerprint density at radius 2 is 1.96 bits per heavy atom. The summed E-state index contributed by atoms with van der Waals surface area (Å²) in [6.07, 6.45) is 2.52. The molecule has 126 valence electrons. The van der Waals surface area contributed by atoms with Gasteiger partial charge in [-0.3, -0.25) is 14.9 Å². The molecular formula is C18H21N3O3. The second-order valence-electron chi connectivity index (χ2n) is 6.56. The van der Waals surface area contributed by atoms with Crippen molar-refractivity contribution < 1.29 is 9.72 Å². The standard InChI is InChI=1S/C18H21N3O3/c1-13(2)12-17(22)20-11-10-19-9-3-4-16(19)18(20)14-5-7-15(8-6-14)21(23)24/h3-9,13,18H,10-12H2,1-2H3/t18-/m1/s1. The maximum atomic E-state index is 12.7. The SMILES string of the molecule is CC(C)CC(=O)N1CCn2cccc2[C@H]1c1ccc([N+](=O)[O-])cc1. The van der Waals surface area contributed by atoms with Crippen LogP contribution in [0, 0.1) is 16.0 Å². The smallest absolute Gasteiger partial charge is 0.269 e. The van der Waals surface area contributed by atoms with Crippen LogP contribution >= 0.6 is 0 Å². The molecule has 0 radical (unpaired) electrons. The van der Waals surface area contributed by atoms with Gasteiger partial charge in [0.05, 0.1) is 11.0 Å². The molecule has 1 aromatic carbocycles. The van der Waals surface area contributed by atoms with E-state index in [2.05, 4.69) is 4.57 Å². The molecule has 0 fully saturated rings. The van der Waals surface area contributed by atoms with Crippen molar-refractivity contribution in [1.82, 2.24) is 9.47 Å². The minimum absolute atomic E-state index is 0.0602. The third kappa shape index (κ3) is 3.04. The van der Waals surface area contributed by atoms with Crippen LogP contribution in [-0.2, 0) is 11.3 Å². The highest BCUT2D eigenvalue weighted by molar-refractivity contribution is 5.77. The van der Waals surface area contributed by atoms with Gasteiger partial charge in [0.15, 0.2) is 0 Å². The van der Waals surface area contributed by atoms with Gasteiger partial charge in [0.2, 0.25) is 5.91 Å². The van der Waals surface area contributed by atoms with E-state index in [-0.39, 0.29) is 17.6 Å². The number of hydrogen-bond donors (Lipinski definition) is 0. The van der Waals surface area contributed by atoms with Gasteiger partial charge in [-0.05, 0) is 35.7 Å². The molecule has 1 amide bonds. The van der Waals surface area contributed by atoms with Gasteiger partial charge in [-0.15, -0.1) is 0 Å². The summed E-state index contributed by atoms with van der Waals surface area (Å²) in [6.45, 7) is 5.49. The zero-order valence-electron chi connectivity index (χ0n) is 13.9. The fraction of sp³-hybridized carbons (Fsp3) is 0.389. The molecule has 24 heavy (non-hydrogen) atoms. The summed E-state index contributed by atoms with van der Waals surface area (Å²) in [4.78, 5) is 25.1. The van der Waals surface area contributed by atoms with Crippen LogP contribution in [0.3, 0.4) is 0 Å². The van der Waals surface area contributed by atoms with Gasteiger partial charge in [-0.2, -0.15) is 0 Å². The lowest BCUT2D eigenvalue weighted by atomic mass is 9.98. The molecule has 0 saturated heterocycles. The Morgan fingerprint density at radius 3 is 2.58 bits per heavy atom. The van der Waals surface area contributed by atoms with Crippen LogP contribution in [0.15, 0.2) is 42.6 Å². The molecule has 1 aliphatic heterocycles. The summed E-state index contributed by atoms with van der Waals surface area (Å²) in [6, 6.07) is 10.3. The van der Waals surface area contributed by atoms with Crippen LogP contribution in [0.4, 0.5) is 5.69 Å². The molecule has 0 bridgehead atoms. The highest BCUT2D eigenvalue weighted by Gasteiger charge is 2.32. The van der Waals surface area contributed by atoms with Crippen LogP contribution in [0.1, 0.15) is 37.6 Å². The lowest BCUT2D eigenvalue weighted by Gasteiger charge is -2.37. The molecule has 0 N–H and O–H groups in total. The topological polar surface area (TPSA) is 68.4 Å². The third-order valence-electron chi connectivity index (χ3n) is 4.36. The molecule has 2 aromatic rings. The minimum Gasteiger partial charge on any atom is -0.348 e. The first-order valence-corrected chi connectivity index (χ1v) is 8.16. The molecule has 6 nitrogen and oxygen atoms in total. The van der Waals surface area contributed by atoms with Crippen molar-refractivity contribution in [3.05, 3.63) is 64.0 Å². The van der Waals surface area contributed by atoms with Gasteiger partial charge in [-0.1, -0.05) is 13.8 Å². The summed E-state index contributed by atoms with van der Waals surface area (Å²) >= 11 is 0. The number of rotatable bonds is 4. The monoisotopic (exact) mass is 327 g/mol. The summed E-state index contributed by atoms with van der Waals surface area (Å²) < 4.78 is 2.14. The van der Waals surface area contributed by atoms with Crippen molar-refractivity contribution in [3.63, 3.8) is 0 Å². The normalized spacial score (nSPS) is 17.0. The molecule has 2 heterocycles. The molecule has 3 rings (SSSR count). The number of aromatic nitrogens is 1. The summed E-state index contributed by atoms with van der Waals surface area (Å²) in [7, 11) is 0.